The van der Waals surface area contributed by atoms with E-state index in [2.05, 4.69) is 0 Å². The molecule has 0 spiro atoms. The summed E-state index contributed by atoms with van der Waals surface area (Å²) in [5, 5.41) is 0. The molecular weight excluding hydrogens is 482 g/mol. The van der Waals surface area contributed by atoms with E-state index in [1.807, 2.05) is 13.8 Å². The summed E-state index contributed by atoms with van der Waals surface area (Å²) in [5.74, 6) is -2.13. The summed E-state index contributed by atoms with van der Waals surface area (Å²) in [6.45, 7) is 14.1. The van der Waals surface area contributed by atoms with Gasteiger partial charge in [-0.2, -0.15) is 0 Å². The Bertz CT molecular complexity index is 928. The highest BCUT2D eigenvalue weighted by Gasteiger charge is 2.26. The lowest BCUT2D eigenvalue weighted by Crippen LogP contribution is -2.39. The molecule has 4 atom stereocenters. The molecule has 2 N–H and O–H groups in total. The summed E-state index contributed by atoms with van der Waals surface area (Å²) in [6.07, 6.45) is -1.43. The van der Waals surface area contributed by atoms with Gasteiger partial charge in [0.15, 0.2) is 11.5 Å². The van der Waals surface area contributed by atoms with Crippen LogP contribution in [0, 0.1) is 17.8 Å². The third kappa shape index (κ3) is 11.2. The van der Waals surface area contributed by atoms with Gasteiger partial charge in [0.2, 0.25) is 0 Å². The number of nitrogens with two attached hydrogens (primary N) is 1. The Kier molecular flexibility index (Phi) is 13.1. The number of hydrogen-bond acceptors (Lipinski definition) is 10. The first kappa shape index (κ1) is 31.9. The molecule has 0 radical (unpaired) electrons. The van der Waals surface area contributed by atoms with Crippen LogP contribution in [0.4, 0.5) is 4.79 Å². The van der Waals surface area contributed by atoms with Gasteiger partial charge in [0.05, 0.1) is 18.4 Å². The normalized spacial score (nSPS) is 14.4. The summed E-state index contributed by atoms with van der Waals surface area (Å²) in [7, 11) is 0. The second-order valence-corrected chi connectivity index (χ2v) is 9.78. The standard InChI is InChI=1S/C27H41NO9/c1-9-17(6)14-33-27(32)35-19(8)18(7)34-26(31)21(28)12-20-10-11-22(36-24(29)15(2)3)23(13-20)37-25(30)16(4)5/h10-11,13,15-19,21H,9,12,14,28H2,1-8H3/t17?,18-,19-,21-/m0/s1. The van der Waals surface area contributed by atoms with Gasteiger partial charge in [-0.15, -0.1) is 0 Å². The molecule has 0 amide bonds. The van der Waals surface area contributed by atoms with Crippen LogP contribution in [0.3, 0.4) is 0 Å². The van der Waals surface area contributed by atoms with Crippen molar-refractivity contribution in [1.29, 1.82) is 0 Å². The van der Waals surface area contributed by atoms with E-state index in [1.54, 1.807) is 47.6 Å². The molecule has 37 heavy (non-hydrogen) atoms. The van der Waals surface area contributed by atoms with Crippen LogP contribution in [-0.4, -0.2) is 48.9 Å². The molecule has 208 valence electrons. The molecule has 1 aromatic rings. The molecule has 10 heteroatoms. The van der Waals surface area contributed by atoms with Crippen LogP contribution in [-0.2, 0) is 35.0 Å². The monoisotopic (exact) mass is 523 g/mol. The Morgan fingerprint density at radius 3 is 1.86 bits per heavy atom. The van der Waals surface area contributed by atoms with Crippen molar-refractivity contribution in [3.63, 3.8) is 0 Å². The van der Waals surface area contributed by atoms with Gasteiger partial charge in [0.25, 0.3) is 0 Å². The topological polar surface area (TPSA) is 140 Å². The number of ether oxygens (including phenoxy) is 5. The van der Waals surface area contributed by atoms with Crippen molar-refractivity contribution in [3.05, 3.63) is 23.8 Å². The van der Waals surface area contributed by atoms with Crippen LogP contribution in [0.15, 0.2) is 18.2 Å². The maximum absolute atomic E-state index is 12.6. The molecule has 0 aromatic heterocycles. The summed E-state index contributed by atoms with van der Waals surface area (Å²) >= 11 is 0. The highest BCUT2D eigenvalue weighted by molar-refractivity contribution is 5.78. The molecule has 0 heterocycles. The number of rotatable bonds is 13. The predicted octanol–water partition coefficient (Wildman–Crippen LogP) is 4.20. The SMILES string of the molecule is CCC(C)COC(=O)O[C@@H](C)[C@H](C)OC(=O)[C@@H](N)Cc1ccc(OC(=O)C(C)C)c(OC(=O)C(C)C)c1. The van der Waals surface area contributed by atoms with Gasteiger partial charge in [0, 0.05) is 0 Å². The first-order valence-electron chi connectivity index (χ1n) is 12.6. The highest BCUT2D eigenvalue weighted by Crippen LogP contribution is 2.30. The van der Waals surface area contributed by atoms with Crippen LogP contribution >= 0.6 is 0 Å². The van der Waals surface area contributed by atoms with Crippen molar-refractivity contribution < 1.29 is 42.9 Å². The number of benzene rings is 1. The maximum atomic E-state index is 12.6. The van der Waals surface area contributed by atoms with E-state index < -0.39 is 48.2 Å². The summed E-state index contributed by atoms with van der Waals surface area (Å²) < 4.78 is 26.4. The van der Waals surface area contributed by atoms with Gasteiger partial charge in [-0.1, -0.05) is 54.0 Å². The zero-order valence-corrected chi connectivity index (χ0v) is 23.1. The Labute approximate surface area is 219 Å². The lowest BCUT2D eigenvalue weighted by molar-refractivity contribution is -0.155. The summed E-state index contributed by atoms with van der Waals surface area (Å²) in [6, 6.07) is 3.55. The molecule has 0 saturated carbocycles. The van der Waals surface area contributed by atoms with Gasteiger partial charge < -0.3 is 29.4 Å². The van der Waals surface area contributed by atoms with Crippen molar-refractivity contribution >= 4 is 24.1 Å². The average molecular weight is 524 g/mol. The van der Waals surface area contributed by atoms with Crippen LogP contribution in [0.2, 0.25) is 0 Å². The fourth-order valence-electron chi connectivity index (χ4n) is 2.61. The second-order valence-electron chi connectivity index (χ2n) is 9.78. The van der Waals surface area contributed by atoms with E-state index in [0.29, 0.717) is 5.56 Å². The minimum absolute atomic E-state index is 0.0528. The van der Waals surface area contributed by atoms with Crippen molar-refractivity contribution in [1.82, 2.24) is 0 Å². The first-order chi connectivity index (χ1) is 17.2. The van der Waals surface area contributed by atoms with Crippen molar-refractivity contribution in [2.45, 2.75) is 86.5 Å². The average Bonchev–Trinajstić information content (AvgIpc) is 2.83. The molecule has 1 unspecified atom stereocenters. The quantitative estimate of drug-likeness (QED) is 0.295. The molecule has 1 aromatic carbocycles. The predicted molar refractivity (Wildman–Crippen MR) is 136 cm³/mol. The van der Waals surface area contributed by atoms with Crippen LogP contribution in [0.1, 0.15) is 67.4 Å². The van der Waals surface area contributed by atoms with Crippen LogP contribution in [0.5, 0.6) is 11.5 Å². The molecule has 10 nitrogen and oxygen atoms in total. The van der Waals surface area contributed by atoms with Gasteiger partial charge >= 0.3 is 24.1 Å². The van der Waals surface area contributed by atoms with E-state index in [9.17, 15) is 19.2 Å². The molecule has 1 rings (SSSR count). The van der Waals surface area contributed by atoms with Crippen molar-refractivity contribution in [2.24, 2.45) is 23.5 Å². The van der Waals surface area contributed by atoms with E-state index in [-0.39, 0.29) is 36.4 Å². The number of carbonyl (C=O) groups excluding carboxylic acids is 4. The number of hydrogen-bond donors (Lipinski definition) is 1. The molecule has 0 aliphatic carbocycles. The van der Waals surface area contributed by atoms with Gasteiger partial charge in [-0.25, -0.2) is 4.79 Å². The first-order valence-corrected chi connectivity index (χ1v) is 12.6. The third-order valence-electron chi connectivity index (χ3n) is 5.56. The highest BCUT2D eigenvalue weighted by atomic mass is 16.7. The van der Waals surface area contributed by atoms with E-state index in [0.717, 1.165) is 6.42 Å². The molecule has 0 aliphatic heterocycles. The minimum Gasteiger partial charge on any atom is -0.458 e. The van der Waals surface area contributed by atoms with Gasteiger partial charge in [0.1, 0.15) is 18.2 Å². The molecule has 0 fully saturated rings. The zero-order chi connectivity index (χ0) is 28.3. The second kappa shape index (κ2) is 15.2. The van der Waals surface area contributed by atoms with Gasteiger partial charge in [-0.05, 0) is 43.9 Å². The lowest BCUT2D eigenvalue weighted by atomic mass is 10.1. The largest absolute Gasteiger partial charge is 0.508 e. The van der Waals surface area contributed by atoms with Crippen molar-refractivity contribution in [2.75, 3.05) is 6.61 Å². The molecular formula is C27H41NO9. The Morgan fingerprint density at radius 2 is 1.32 bits per heavy atom. The van der Waals surface area contributed by atoms with E-state index in [1.165, 1.54) is 12.1 Å². The van der Waals surface area contributed by atoms with E-state index in [4.69, 9.17) is 29.4 Å². The summed E-state index contributed by atoms with van der Waals surface area (Å²) in [4.78, 5) is 48.6. The summed E-state index contributed by atoms with van der Waals surface area (Å²) in [5.41, 5.74) is 6.61. The number of esters is 3. The van der Waals surface area contributed by atoms with Gasteiger partial charge in [-0.3, -0.25) is 14.4 Å². The molecule has 0 saturated heterocycles. The maximum Gasteiger partial charge on any atom is 0.508 e. The fraction of sp³-hybridized carbons (Fsp3) is 0.630. The van der Waals surface area contributed by atoms with Crippen molar-refractivity contribution in [3.8, 4) is 11.5 Å². The smallest absolute Gasteiger partial charge is 0.458 e. The Balaban J connectivity index is 2.82. The molecule has 0 bridgehead atoms. The Morgan fingerprint density at radius 1 is 0.784 bits per heavy atom. The third-order valence-corrected chi connectivity index (χ3v) is 5.56. The van der Waals surface area contributed by atoms with E-state index >= 15 is 0 Å². The molecule has 0 aliphatic rings. The lowest BCUT2D eigenvalue weighted by Gasteiger charge is -2.22. The van der Waals surface area contributed by atoms with Crippen LogP contribution < -0.4 is 15.2 Å². The minimum atomic E-state index is -1.05. The Hall–Kier alpha value is -3.14. The van der Waals surface area contributed by atoms with Crippen LogP contribution in [0.25, 0.3) is 0 Å². The fourth-order valence-corrected chi connectivity index (χ4v) is 2.61. The number of carbonyl (C=O) groups is 4. The zero-order valence-electron chi connectivity index (χ0n) is 23.1.